The smallest absolute Gasteiger partial charge is 0.306 e. The number of carbonyl (C=O) groups is 5. The van der Waals surface area contributed by atoms with Gasteiger partial charge in [0.1, 0.15) is 0 Å². The molecule has 1 atom stereocenters. The van der Waals surface area contributed by atoms with Gasteiger partial charge in [-0.2, -0.15) is 0 Å². The van der Waals surface area contributed by atoms with Crippen LogP contribution in [-0.4, -0.2) is 63.0 Å². The number of rotatable bonds is 27. The zero-order valence-corrected chi connectivity index (χ0v) is 26.6. The highest BCUT2D eigenvalue weighted by Crippen LogP contribution is 2.15. The lowest BCUT2D eigenvalue weighted by molar-refractivity contribution is -0.141. The van der Waals surface area contributed by atoms with Gasteiger partial charge in [-0.3, -0.25) is 24.0 Å². The number of carboxylic acids is 3. The van der Waals surface area contributed by atoms with E-state index in [9.17, 15) is 29.1 Å². The molecule has 1 aromatic carbocycles. The number of unbranched alkanes of at least 4 members (excludes halogenated alkanes) is 12. The van der Waals surface area contributed by atoms with Crippen LogP contribution in [0.15, 0.2) is 24.3 Å². The fraction of sp³-hybridized carbons (Fsp3) is 0.676. The maximum Gasteiger partial charge on any atom is 0.306 e. The summed E-state index contributed by atoms with van der Waals surface area (Å²) in [6.45, 7) is 2.45. The van der Waals surface area contributed by atoms with Gasteiger partial charge in [-0.1, -0.05) is 89.7 Å². The molecule has 4 N–H and O–H groups in total. The van der Waals surface area contributed by atoms with Crippen molar-refractivity contribution < 1.29 is 39.3 Å². The molecule has 1 rings (SSSR count). The average Bonchev–Trinajstić information content (AvgIpc) is 2.98. The van der Waals surface area contributed by atoms with Crippen molar-refractivity contribution in [2.75, 3.05) is 13.1 Å². The normalized spacial score (nSPS) is 11.6. The van der Waals surface area contributed by atoms with E-state index in [0.29, 0.717) is 37.8 Å². The summed E-state index contributed by atoms with van der Waals surface area (Å²) in [5.74, 6) is -3.23. The van der Waals surface area contributed by atoms with E-state index in [1.807, 2.05) is 6.07 Å². The Morgan fingerprint density at radius 3 is 1.80 bits per heavy atom. The predicted octanol–water partition coefficient (Wildman–Crippen LogP) is 6.66. The number of nitrogens with one attached hydrogen (secondary N) is 1. The van der Waals surface area contributed by atoms with E-state index in [0.717, 1.165) is 56.9 Å². The van der Waals surface area contributed by atoms with E-state index in [1.54, 1.807) is 30.0 Å². The lowest BCUT2D eigenvalue weighted by Crippen LogP contribution is -2.32. The zero-order valence-electron chi connectivity index (χ0n) is 26.6. The van der Waals surface area contributed by atoms with Crippen molar-refractivity contribution in [1.29, 1.82) is 0 Å². The third-order valence-electron chi connectivity index (χ3n) is 7.81. The first-order valence-corrected chi connectivity index (χ1v) is 16.4. The van der Waals surface area contributed by atoms with Crippen LogP contribution in [0.5, 0.6) is 0 Å². The number of amides is 2. The Morgan fingerprint density at radius 1 is 0.705 bits per heavy atom. The maximum atomic E-state index is 13.0. The zero-order chi connectivity index (χ0) is 32.6. The van der Waals surface area contributed by atoms with Gasteiger partial charge in [-0.15, -0.1) is 0 Å². The van der Waals surface area contributed by atoms with Crippen LogP contribution < -0.4 is 5.32 Å². The molecule has 0 saturated heterocycles. The minimum Gasteiger partial charge on any atom is -0.481 e. The highest BCUT2D eigenvalue weighted by atomic mass is 16.4. The molecule has 1 aromatic rings. The highest BCUT2D eigenvalue weighted by molar-refractivity contribution is 5.94. The lowest BCUT2D eigenvalue weighted by Gasteiger charge is -2.22. The van der Waals surface area contributed by atoms with E-state index in [-0.39, 0.29) is 37.7 Å². The first kappa shape index (κ1) is 38.6. The number of hydrogen-bond acceptors (Lipinski definition) is 5. The largest absolute Gasteiger partial charge is 0.481 e. The minimum atomic E-state index is -0.966. The maximum absolute atomic E-state index is 13.0. The van der Waals surface area contributed by atoms with Crippen molar-refractivity contribution in [3.8, 4) is 0 Å². The van der Waals surface area contributed by atoms with Gasteiger partial charge in [0.15, 0.2) is 0 Å². The number of hydrogen-bond donors (Lipinski definition) is 4. The molecular formula is C34H54N2O8. The average molecular weight is 619 g/mol. The molecule has 0 spiro atoms. The quantitative estimate of drug-likeness (QED) is 0.0796. The summed E-state index contributed by atoms with van der Waals surface area (Å²) in [6.07, 6.45) is 15.1. The number of aliphatic carboxylic acids is 3. The van der Waals surface area contributed by atoms with Gasteiger partial charge < -0.3 is 25.5 Å². The summed E-state index contributed by atoms with van der Waals surface area (Å²) in [5.41, 5.74) is 1.22. The Labute approximate surface area is 262 Å². The second-order valence-electron chi connectivity index (χ2n) is 11.8. The van der Waals surface area contributed by atoms with Gasteiger partial charge >= 0.3 is 17.9 Å². The van der Waals surface area contributed by atoms with Crippen molar-refractivity contribution in [3.05, 3.63) is 35.4 Å². The molecule has 0 radical (unpaired) electrons. The van der Waals surface area contributed by atoms with E-state index in [1.165, 1.54) is 25.7 Å². The summed E-state index contributed by atoms with van der Waals surface area (Å²) in [4.78, 5) is 59.8. The topological polar surface area (TPSA) is 161 Å². The van der Waals surface area contributed by atoms with Crippen LogP contribution in [0.3, 0.4) is 0 Å². The van der Waals surface area contributed by atoms with Crippen molar-refractivity contribution >= 4 is 29.7 Å². The van der Waals surface area contributed by atoms with Crippen molar-refractivity contribution in [3.63, 3.8) is 0 Å². The number of nitrogens with zero attached hydrogens (tertiary/aromatic N) is 1. The first-order chi connectivity index (χ1) is 21.1. The molecule has 0 aliphatic rings. The molecule has 0 bridgehead atoms. The van der Waals surface area contributed by atoms with Crippen LogP contribution in [0.4, 0.5) is 0 Å². The molecule has 0 unspecified atom stereocenters. The van der Waals surface area contributed by atoms with E-state index in [4.69, 9.17) is 10.2 Å². The van der Waals surface area contributed by atoms with Crippen molar-refractivity contribution in [1.82, 2.24) is 10.2 Å². The summed E-state index contributed by atoms with van der Waals surface area (Å²) < 4.78 is 0. The Bertz CT molecular complexity index is 1010. The number of carboxylic acid groups (broad SMARTS) is 3. The van der Waals surface area contributed by atoms with Gasteiger partial charge in [-0.05, 0) is 43.4 Å². The number of carbonyl (C=O) groups excluding carboxylic acids is 2. The summed E-state index contributed by atoms with van der Waals surface area (Å²) in [6, 6.07) is 6.99. The van der Waals surface area contributed by atoms with Crippen LogP contribution in [0, 0.1) is 5.92 Å². The van der Waals surface area contributed by atoms with Crippen molar-refractivity contribution in [2.45, 2.75) is 129 Å². The van der Waals surface area contributed by atoms with E-state index in [2.05, 4.69) is 5.32 Å². The van der Waals surface area contributed by atoms with Gasteiger partial charge in [0.05, 0.1) is 12.3 Å². The molecule has 10 nitrogen and oxygen atoms in total. The van der Waals surface area contributed by atoms with Gasteiger partial charge in [0.25, 0.3) is 5.91 Å². The van der Waals surface area contributed by atoms with E-state index < -0.39 is 23.8 Å². The Balaban J connectivity index is 2.36. The van der Waals surface area contributed by atoms with Crippen LogP contribution in [0.25, 0.3) is 0 Å². The molecule has 0 heterocycles. The molecule has 0 saturated carbocycles. The second kappa shape index (κ2) is 24.0. The SMILES string of the molecule is C[C@@H](CCCCNC(=O)c1cccc(CN(CCC(=O)O)C(=O)CCCCCCCCCCCCCCC(=O)O)c1)C(=O)O. The Kier molecular flexibility index (Phi) is 21.0. The van der Waals surface area contributed by atoms with Gasteiger partial charge in [-0.25, -0.2) is 0 Å². The molecule has 10 heteroatoms. The molecular weight excluding hydrogens is 564 g/mol. The van der Waals surface area contributed by atoms with Gasteiger partial charge in [0, 0.05) is 38.0 Å². The Morgan fingerprint density at radius 2 is 1.25 bits per heavy atom. The highest BCUT2D eigenvalue weighted by Gasteiger charge is 2.16. The molecule has 0 aromatic heterocycles. The monoisotopic (exact) mass is 618 g/mol. The molecule has 0 aliphatic heterocycles. The second-order valence-corrected chi connectivity index (χ2v) is 11.8. The predicted molar refractivity (Wildman–Crippen MR) is 169 cm³/mol. The van der Waals surface area contributed by atoms with Crippen LogP contribution >= 0.6 is 0 Å². The fourth-order valence-corrected chi connectivity index (χ4v) is 5.04. The summed E-state index contributed by atoms with van der Waals surface area (Å²) >= 11 is 0. The van der Waals surface area contributed by atoms with Crippen LogP contribution in [0.2, 0.25) is 0 Å². The van der Waals surface area contributed by atoms with E-state index >= 15 is 0 Å². The third-order valence-corrected chi connectivity index (χ3v) is 7.81. The molecule has 248 valence electrons. The molecule has 2 amide bonds. The fourth-order valence-electron chi connectivity index (χ4n) is 5.04. The first-order valence-electron chi connectivity index (χ1n) is 16.4. The van der Waals surface area contributed by atoms with Crippen LogP contribution in [-0.2, 0) is 25.7 Å². The summed E-state index contributed by atoms with van der Waals surface area (Å²) in [7, 11) is 0. The standard InChI is InChI=1S/C34H54N2O8/c1-27(34(43)44)17-14-15-23-35-33(42)29-19-16-18-28(25-29)26-36(24-22-32(40)41)30(37)20-12-10-8-6-4-2-3-5-7-9-11-13-21-31(38)39/h16,18-19,25,27H,2-15,17,20-24,26H2,1H3,(H,35,42)(H,38,39)(H,40,41)(H,43,44)/t27-/m0/s1. The Hall–Kier alpha value is -3.43. The summed E-state index contributed by atoms with van der Waals surface area (Å²) in [5, 5.41) is 29.7. The van der Waals surface area contributed by atoms with Gasteiger partial charge in [0.2, 0.25) is 5.91 Å². The lowest BCUT2D eigenvalue weighted by atomic mass is 10.0. The molecule has 0 fully saturated rings. The van der Waals surface area contributed by atoms with Crippen molar-refractivity contribution in [2.24, 2.45) is 5.92 Å². The minimum absolute atomic E-state index is 0.0833. The molecule has 0 aliphatic carbocycles. The number of benzene rings is 1. The third kappa shape index (κ3) is 19.7. The molecule has 44 heavy (non-hydrogen) atoms. The van der Waals surface area contributed by atoms with Crippen LogP contribution in [0.1, 0.15) is 138 Å².